The highest BCUT2D eigenvalue weighted by molar-refractivity contribution is 4.81. The van der Waals surface area contributed by atoms with Gasteiger partial charge in [0.1, 0.15) is 0 Å². The number of rotatable bonds is 4. The number of nitrogens with zero attached hydrogens (tertiary/aromatic N) is 1. The Balaban J connectivity index is 2.30. The van der Waals surface area contributed by atoms with Gasteiger partial charge in [-0.1, -0.05) is 27.2 Å². The van der Waals surface area contributed by atoms with Gasteiger partial charge in [-0.15, -0.1) is 0 Å². The van der Waals surface area contributed by atoms with Crippen LogP contribution in [-0.2, 0) is 0 Å². The summed E-state index contributed by atoms with van der Waals surface area (Å²) in [5, 5.41) is 0. The van der Waals surface area contributed by atoms with Crippen LogP contribution in [0, 0.1) is 5.92 Å². The van der Waals surface area contributed by atoms with E-state index in [9.17, 15) is 0 Å². The summed E-state index contributed by atoms with van der Waals surface area (Å²) in [4.78, 5) is 2.69. The first-order valence-corrected chi connectivity index (χ1v) is 5.52. The third kappa shape index (κ3) is 2.48. The van der Waals surface area contributed by atoms with Gasteiger partial charge in [0, 0.05) is 12.6 Å². The van der Waals surface area contributed by atoms with Crippen molar-refractivity contribution in [3.63, 3.8) is 0 Å². The molecular weight excluding hydrogens is 146 g/mol. The van der Waals surface area contributed by atoms with E-state index in [1.165, 1.54) is 38.8 Å². The van der Waals surface area contributed by atoms with Gasteiger partial charge in [0.25, 0.3) is 0 Å². The predicted octanol–water partition coefficient (Wildman–Crippen LogP) is 2.91. The van der Waals surface area contributed by atoms with E-state index in [0.29, 0.717) is 0 Å². The van der Waals surface area contributed by atoms with Gasteiger partial charge in [0.05, 0.1) is 0 Å². The van der Waals surface area contributed by atoms with Crippen molar-refractivity contribution in [3.8, 4) is 0 Å². The van der Waals surface area contributed by atoms with Gasteiger partial charge in [0.2, 0.25) is 0 Å². The topological polar surface area (TPSA) is 3.24 Å². The smallest absolute Gasteiger partial charge is 0.00957 e. The lowest BCUT2D eigenvalue weighted by Crippen LogP contribution is -2.29. The van der Waals surface area contributed by atoms with Crippen LogP contribution in [0.4, 0.5) is 0 Å². The van der Waals surface area contributed by atoms with Gasteiger partial charge in [-0.3, -0.25) is 0 Å². The molecule has 0 aromatic rings. The van der Waals surface area contributed by atoms with Crippen molar-refractivity contribution < 1.29 is 0 Å². The minimum Gasteiger partial charge on any atom is -0.300 e. The molecule has 1 heterocycles. The van der Waals surface area contributed by atoms with Crippen LogP contribution in [0.15, 0.2) is 0 Å². The molecule has 0 radical (unpaired) electrons. The summed E-state index contributed by atoms with van der Waals surface area (Å²) in [5.74, 6) is 0.937. The number of likely N-dealkylation sites (tertiary alicyclic amines) is 1. The highest BCUT2D eigenvalue weighted by Gasteiger charge is 2.26. The van der Waals surface area contributed by atoms with Crippen LogP contribution in [0.25, 0.3) is 0 Å². The first-order chi connectivity index (χ1) is 5.77. The zero-order valence-corrected chi connectivity index (χ0v) is 8.84. The molecule has 2 unspecified atom stereocenters. The van der Waals surface area contributed by atoms with Gasteiger partial charge < -0.3 is 4.90 Å². The molecule has 1 rings (SSSR count). The Bertz CT molecular complexity index is 122. The lowest BCUT2D eigenvalue weighted by molar-refractivity contribution is 0.242. The Hall–Kier alpha value is -0.0400. The van der Waals surface area contributed by atoms with E-state index < -0.39 is 0 Å². The van der Waals surface area contributed by atoms with Crippen molar-refractivity contribution in [2.75, 3.05) is 13.1 Å². The van der Waals surface area contributed by atoms with Crippen LogP contribution in [-0.4, -0.2) is 24.0 Å². The molecule has 1 heteroatoms. The highest BCUT2D eigenvalue weighted by atomic mass is 15.2. The summed E-state index contributed by atoms with van der Waals surface area (Å²) in [6, 6.07) is 0.895. The summed E-state index contributed by atoms with van der Waals surface area (Å²) < 4.78 is 0. The molecule has 0 aromatic heterocycles. The molecule has 1 saturated heterocycles. The fourth-order valence-corrected chi connectivity index (χ4v) is 2.30. The maximum atomic E-state index is 2.69. The van der Waals surface area contributed by atoms with Gasteiger partial charge in [0.15, 0.2) is 0 Å². The highest BCUT2D eigenvalue weighted by Crippen LogP contribution is 2.24. The number of unbranched alkanes of at least 4 members (excludes halogenated alkanes) is 1. The SMILES string of the molecule is CCCCN1CC(C)CC1CC. The predicted molar refractivity (Wildman–Crippen MR) is 54.3 cm³/mol. The molecule has 1 fully saturated rings. The maximum Gasteiger partial charge on any atom is 0.00957 e. The molecule has 12 heavy (non-hydrogen) atoms. The Morgan fingerprint density at radius 3 is 2.67 bits per heavy atom. The Labute approximate surface area is 77.1 Å². The third-order valence-corrected chi connectivity index (χ3v) is 3.01. The van der Waals surface area contributed by atoms with Crippen LogP contribution < -0.4 is 0 Å². The Morgan fingerprint density at radius 1 is 1.33 bits per heavy atom. The van der Waals surface area contributed by atoms with Crippen molar-refractivity contribution in [2.45, 2.75) is 52.5 Å². The summed E-state index contributed by atoms with van der Waals surface area (Å²) in [6.45, 7) is 9.66. The van der Waals surface area contributed by atoms with Crippen LogP contribution in [0.1, 0.15) is 46.5 Å². The second-order valence-corrected chi connectivity index (χ2v) is 4.25. The van der Waals surface area contributed by atoms with Crippen molar-refractivity contribution in [1.29, 1.82) is 0 Å². The van der Waals surface area contributed by atoms with E-state index in [1.54, 1.807) is 0 Å². The van der Waals surface area contributed by atoms with E-state index >= 15 is 0 Å². The Kier molecular flexibility index (Phi) is 4.07. The Morgan fingerprint density at radius 2 is 2.08 bits per heavy atom. The average molecular weight is 169 g/mol. The normalized spacial score (nSPS) is 31.2. The standard InChI is InChI=1S/C11H23N/c1-4-6-7-12-9-10(3)8-11(12)5-2/h10-11H,4-9H2,1-3H3. The van der Waals surface area contributed by atoms with Gasteiger partial charge in [-0.2, -0.15) is 0 Å². The molecule has 0 aromatic carbocycles. The lowest BCUT2D eigenvalue weighted by atomic mass is 10.1. The summed E-state index contributed by atoms with van der Waals surface area (Å²) in [5.41, 5.74) is 0. The molecule has 0 aliphatic carbocycles. The molecule has 1 aliphatic rings. The summed E-state index contributed by atoms with van der Waals surface area (Å²) in [6.07, 6.45) is 5.48. The average Bonchev–Trinajstić information content (AvgIpc) is 2.42. The summed E-state index contributed by atoms with van der Waals surface area (Å²) in [7, 11) is 0. The van der Waals surface area contributed by atoms with E-state index in [-0.39, 0.29) is 0 Å². The maximum absolute atomic E-state index is 2.69. The fourth-order valence-electron chi connectivity index (χ4n) is 2.30. The van der Waals surface area contributed by atoms with Crippen molar-refractivity contribution in [1.82, 2.24) is 4.90 Å². The molecule has 1 aliphatic heterocycles. The molecule has 0 amide bonds. The molecule has 1 nitrogen and oxygen atoms in total. The van der Waals surface area contributed by atoms with Gasteiger partial charge in [-0.25, -0.2) is 0 Å². The second kappa shape index (κ2) is 4.86. The van der Waals surface area contributed by atoms with Crippen LogP contribution in [0.3, 0.4) is 0 Å². The van der Waals surface area contributed by atoms with E-state index in [4.69, 9.17) is 0 Å². The number of hydrogen-bond acceptors (Lipinski definition) is 1. The van der Waals surface area contributed by atoms with Crippen LogP contribution in [0.2, 0.25) is 0 Å². The molecule has 0 spiro atoms. The largest absolute Gasteiger partial charge is 0.300 e. The lowest BCUT2D eigenvalue weighted by Gasteiger charge is -2.22. The first kappa shape index (κ1) is 10.0. The van der Waals surface area contributed by atoms with E-state index in [0.717, 1.165) is 12.0 Å². The fraction of sp³-hybridized carbons (Fsp3) is 1.00. The number of hydrogen-bond donors (Lipinski definition) is 0. The van der Waals surface area contributed by atoms with E-state index in [2.05, 4.69) is 25.7 Å². The van der Waals surface area contributed by atoms with E-state index in [1.807, 2.05) is 0 Å². The summed E-state index contributed by atoms with van der Waals surface area (Å²) >= 11 is 0. The van der Waals surface area contributed by atoms with Crippen molar-refractivity contribution in [2.24, 2.45) is 5.92 Å². The van der Waals surface area contributed by atoms with Gasteiger partial charge >= 0.3 is 0 Å². The molecule has 2 atom stereocenters. The van der Waals surface area contributed by atoms with Gasteiger partial charge in [-0.05, 0) is 31.7 Å². The van der Waals surface area contributed by atoms with Crippen molar-refractivity contribution >= 4 is 0 Å². The molecule has 0 saturated carbocycles. The van der Waals surface area contributed by atoms with Crippen LogP contribution >= 0.6 is 0 Å². The molecule has 0 N–H and O–H groups in total. The monoisotopic (exact) mass is 169 g/mol. The van der Waals surface area contributed by atoms with Crippen molar-refractivity contribution in [3.05, 3.63) is 0 Å². The zero-order chi connectivity index (χ0) is 8.97. The molecule has 72 valence electrons. The minimum absolute atomic E-state index is 0.895. The third-order valence-electron chi connectivity index (χ3n) is 3.01. The first-order valence-electron chi connectivity index (χ1n) is 5.52. The minimum atomic E-state index is 0.895. The second-order valence-electron chi connectivity index (χ2n) is 4.25. The molecular formula is C11H23N. The zero-order valence-electron chi connectivity index (χ0n) is 8.84. The quantitative estimate of drug-likeness (QED) is 0.625. The molecule has 0 bridgehead atoms. The van der Waals surface area contributed by atoms with Crippen LogP contribution in [0.5, 0.6) is 0 Å².